The highest BCUT2D eigenvalue weighted by molar-refractivity contribution is 9.11. The summed E-state index contributed by atoms with van der Waals surface area (Å²) in [7, 11) is -3.94. The normalized spacial score (nSPS) is 11.5. The molecule has 166 valence electrons. The number of hydrogen-bond donors (Lipinski definition) is 3. The number of hydrogen-bond acceptors (Lipinski definition) is 5. The summed E-state index contributed by atoms with van der Waals surface area (Å²) in [5.41, 5.74) is 3.34. The average Bonchev–Trinajstić information content (AvgIpc) is 2.73. The molecule has 0 aliphatic heterocycles. The molecule has 7 nitrogen and oxygen atoms in total. The number of nitrogens with zero attached hydrogens (tertiary/aromatic N) is 1. The first kappa shape index (κ1) is 24.5. The molecular weight excluding hydrogens is 609 g/mol. The second-order valence-electron chi connectivity index (χ2n) is 6.29. The van der Waals surface area contributed by atoms with Crippen molar-refractivity contribution in [1.82, 2.24) is 5.43 Å². The summed E-state index contributed by atoms with van der Waals surface area (Å²) < 4.78 is 28.5. The molecule has 0 atom stereocenters. The second kappa shape index (κ2) is 10.2. The maximum atomic E-state index is 12.6. The van der Waals surface area contributed by atoms with Crippen molar-refractivity contribution in [3.63, 3.8) is 0 Å². The van der Waals surface area contributed by atoms with Crippen LogP contribution in [0.25, 0.3) is 0 Å². The van der Waals surface area contributed by atoms with E-state index in [2.05, 4.69) is 47.1 Å². The summed E-state index contributed by atoms with van der Waals surface area (Å²) in [6.45, 7) is 0. The summed E-state index contributed by atoms with van der Waals surface area (Å²) in [5, 5.41) is 14.0. The lowest BCUT2D eigenvalue weighted by atomic mass is 10.2. The van der Waals surface area contributed by atoms with Crippen LogP contribution in [0.3, 0.4) is 0 Å². The van der Waals surface area contributed by atoms with E-state index in [9.17, 15) is 18.3 Å². The highest BCUT2D eigenvalue weighted by Crippen LogP contribution is 2.32. The lowest BCUT2D eigenvalue weighted by Crippen LogP contribution is -2.18. The fourth-order valence-electron chi connectivity index (χ4n) is 2.47. The molecule has 0 saturated carbocycles. The number of halogens is 4. The van der Waals surface area contributed by atoms with Crippen LogP contribution in [0.1, 0.15) is 15.9 Å². The Bertz CT molecular complexity index is 1310. The van der Waals surface area contributed by atoms with E-state index in [-0.39, 0.29) is 31.9 Å². The van der Waals surface area contributed by atoms with Crippen LogP contribution >= 0.6 is 55.1 Å². The predicted octanol–water partition coefficient (Wildman–Crippen LogP) is 5.79. The molecule has 3 rings (SSSR count). The van der Waals surface area contributed by atoms with Crippen molar-refractivity contribution >= 4 is 82.9 Å². The zero-order chi connectivity index (χ0) is 23.5. The number of rotatable bonds is 6. The predicted molar refractivity (Wildman–Crippen MR) is 132 cm³/mol. The maximum absolute atomic E-state index is 12.6. The third-order valence-electron chi connectivity index (χ3n) is 4.00. The van der Waals surface area contributed by atoms with E-state index < -0.39 is 15.9 Å². The van der Waals surface area contributed by atoms with Crippen LogP contribution in [0.15, 0.2) is 73.5 Å². The van der Waals surface area contributed by atoms with Gasteiger partial charge in [-0.25, -0.2) is 13.8 Å². The van der Waals surface area contributed by atoms with E-state index in [1.54, 1.807) is 12.1 Å². The fourth-order valence-corrected chi connectivity index (χ4v) is 5.13. The van der Waals surface area contributed by atoms with Gasteiger partial charge in [0.1, 0.15) is 5.75 Å². The Hall–Kier alpha value is -2.11. The number of aromatic hydroxyl groups is 1. The topological polar surface area (TPSA) is 108 Å². The van der Waals surface area contributed by atoms with Crippen LogP contribution < -0.4 is 10.1 Å². The average molecular weight is 622 g/mol. The SMILES string of the molecule is O=C(N/N=C/c1cc(Br)c(O)c(Br)c1)c1cccc(NS(=O)(=O)c2ccc(Cl)c(Cl)c2)c1. The van der Waals surface area contributed by atoms with Gasteiger partial charge < -0.3 is 5.11 Å². The summed E-state index contributed by atoms with van der Waals surface area (Å²) >= 11 is 18.2. The Labute approximate surface area is 210 Å². The Balaban J connectivity index is 1.72. The lowest BCUT2D eigenvalue weighted by Gasteiger charge is -2.10. The second-order valence-corrected chi connectivity index (χ2v) is 10.5. The van der Waals surface area contributed by atoms with Gasteiger partial charge in [0.15, 0.2) is 0 Å². The number of nitrogens with one attached hydrogen (secondary N) is 2. The largest absolute Gasteiger partial charge is 0.506 e. The molecule has 3 N–H and O–H groups in total. The van der Waals surface area contributed by atoms with Crippen LogP contribution in [0.4, 0.5) is 5.69 Å². The Kier molecular flexibility index (Phi) is 7.84. The number of phenols is 1. The molecule has 3 aromatic carbocycles. The van der Waals surface area contributed by atoms with Gasteiger partial charge in [0.05, 0.1) is 30.1 Å². The molecule has 32 heavy (non-hydrogen) atoms. The van der Waals surface area contributed by atoms with Gasteiger partial charge in [-0.05, 0) is 86.0 Å². The van der Waals surface area contributed by atoms with Gasteiger partial charge in [0, 0.05) is 11.3 Å². The van der Waals surface area contributed by atoms with Crippen molar-refractivity contribution in [2.24, 2.45) is 5.10 Å². The van der Waals surface area contributed by atoms with Gasteiger partial charge in [0.25, 0.3) is 15.9 Å². The fraction of sp³-hybridized carbons (Fsp3) is 0. The molecule has 0 radical (unpaired) electrons. The monoisotopic (exact) mass is 619 g/mol. The molecule has 0 unspecified atom stereocenters. The van der Waals surface area contributed by atoms with E-state index in [4.69, 9.17) is 23.2 Å². The summed E-state index contributed by atoms with van der Waals surface area (Å²) in [4.78, 5) is 12.3. The minimum atomic E-state index is -3.94. The van der Waals surface area contributed by atoms with Gasteiger partial charge >= 0.3 is 0 Å². The van der Waals surface area contributed by atoms with Crippen molar-refractivity contribution in [2.45, 2.75) is 4.90 Å². The number of sulfonamides is 1. The molecule has 0 aromatic heterocycles. The Morgan fingerprint density at radius 3 is 2.34 bits per heavy atom. The third-order valence-corrected chi connectivity index (χ3v) is 7.32. The molecule has 0 spiro atoms. The first-order valence-corrected chi connectivity index (χ1v) is 12.5. The van der Waals surface area contributed by atoms with E-state index >= 15 is 0 Å². The number of phenolic OH excluding ortho intramolecular Hbond substituents is 1. The van der Waals surface area contributed by atoms with Crippen molar-refractivity contribution in [1.29, 1.82) is 0 Å². The minimum Gasteiger partial charge on any atom is -0.506 e. The van der Waals surface area contributed by atoms with E-state index in [0.717, 1.165) is 0 Å². The van der Waals surface area contributed by atoms with Crippen LogP contribution in [-0.2, 0) is 10.0 Å². The number of carbonyl (C=O) groups is 1. The number of anilines is 1. The minimum absolute atomic E-state index is 0.0475. The van der Waals surface area contributed by atoms with Crippen molar-refractivity contribution < 1.29 is 18.3 Å². The highest BCUT2D eigenvalue weighted by atomic mass is 79.9. The van der Waals surface area contributed by atoms with Crippen LogP contribution in [-0.4, -0.2) is 25.6 Å². The molecular formula is C20H13Br2Cl2N3O4S. The summed E-state index contributed by atoms with van der Waals surface area (Å²) in [6.07, 6.45) is 1.39. The number of carbonyl (C=O) groups excluding carboxylic acids is 1. The van der Waals surface area contributed by atoms with Gasteiger partial charge in [-0.2, -0.15) is 5.10 Å². The molecule has 1 amide bonds. The van der Waals surface area contributed by atoms with Crippen LogP contribution in [0, 0.1) is 0 Å². The van der Waals surface area contributed by atoms with Crippen molar-refractivity contribution in [3.8, 4) is 5.75 Å². The van der Waals surface area contributed by atoms with Crippen LogP contribution in [0.5, 0.6) is 5.75 Å². The number of benzene rings is 3. The first-order chi connectivity index (χ1) is 15.1. The molecule has 0 heterocycles. The summed E-state index contributed by atoms with van der Waals surface area (Å²) in [5.74, 6) is -0.500. The highest BCUT2D eigenvalue weighted by Gasteiger charge is 2.16. The van der Waals surface area contributed by atoms with E-state index in [1.807, 2.05) is 0 Å². The quantitative estimate of drug-likeness (QED) is 0.239. The van der Waals surface area contributed by atoms with Gasteiger partial charge in [-0.1, -0.05) is 29.3 Å². The summed E-state index contributed by atoms with van der Waals surface area (Å²) in [6, 6.07) is 13.1. The van der Waals surface area contributed by atoms with Crippen molar-refractivity contribution in [2.75, 3.05) is 4.72 Å². The molecule has 12 heteroatoms. The van der Waals surface area contributed by atoms with Gasteiger partial charge in [-0.3, -0.25) is 9.52 Å². The molecule has 0 aliphatic carbocycles. The maximum Gasteiger partial charge on any atom is 0.271 e. The van der Waals surface area contributed by atoms with Gasteiger partial charge in [-0.15, -0.1) is 0 Å². The third kappa shape index (κ3) is 6.02. The zero-order valence-electron chi connectivity index (χ0n) is 15.8. The lowest BCUT2D eigenvalue weighted by molar-refractivity contribution is 0.0955. The first-order valence-electron chi connectivity index (χ1n) is 8.66. The Morgan fingerprint density at radius 1 is 1.00 bits per heavy atom. The van der Waals surface area contributed by atoms with E-state index in [1.165, 1.54) is 48.7 Å². The molecule has 0 fully saturated rings. The standard InChI is InChI=1S/C20H13Br2Cl2N3O4S/c21-15-6-11(7-16(22)19(15)28)10-25-26-20(29)12-2-1-3-13(8-12)27-32(30,31)14-4-5-17(23)18(24)9-14/h1-10,27-28H,(H,26,29)/b25-10+. The number of hydrazone groups is 1. The van der Waals surface area contributed by atoms with Crippen molar-refractivity contribution in [3.05, 3.63) is 84.7 Å². The van der Waals surface area contributed by atoms with Gasteiger partial charge in [0.2, 0.25) is 0 Å². The Morgan fingerprint density at radius 2 is 1.69 bits per heavy atom. The molecule has 0 aliphatic rings. The zero-order valence-corrected chi connectivity index (χ0v) is 21.3. The number of amides is 1. The molecule has 0 saturated heterocycles. The molecule has 0 bridgehead atoms. The molecule has 3 aromatic rings. The smallest absolute Gasteiger partial charge is 0.271 e. The van der Waals surface area contributed by atoms with E-state index in [0.29, 0.717) is 14.5 Å². The van der Waals surface area contributed by atoms with Crippen LogP contribution in [0.2, 0.25) is 10.0 Å².